The number of rotatable bonds is 3. The van der Waals surface area contributed by atoms with E-state index in [0.29, 0.717) is 22.0 Å². The minimum atomic E-state index is -0.212. The van der Waals surface area contributed by atoms with Crippen LogP contribution >= 0.6 is 23.2 Å². The molecule has 0 bridgehead atoms. The van der Waals surface area contributed by atoms with Crippen molar-refractivity contribution in [3.8, 4) is 5.75 Å². The summed E-state index contributed by atoms with van der Waals surface area (Å²) in [6.07, 6.45) is 0. The quantitative estimate of drug-likeness (QED) is 0.842. The predicted octanol–water partition coefficient (Wildman–Crippen LogP) is 4.59. The van der Waals surface area contributed by atoms with Gasteiger partial charge in [0.15, 0.2) is 0 Å². The summed E-state index contributed by atoms with van der Waals surface area (Å²) in [5, 5.41) is 0.579. The zero-order valence-electron chi connectivity index (χ0n) is 11.0. The van der Waals surface area contributed by atoms with Gasteiger partial charge in [-0.05, 0) is 18.2 Å². The first kappa shape index (κ1) is 15.6. The molecule has 1 heterocycles. The summed E-state index contributed by atoms with van der Waals surface area (Å²) < 4.78 is 5.12. The molecule has 102 valence electrons. The molecule has 1 aromatic heterocycles. The first-order chi connectivity index (χ1) is 9.13. The minimum absolute atomic E-state index is 0.212. The molecule has 0 radical (unpaired) electrons. The third-order valence-electron chi connectivity index (χ3n) is 2.32. The molecule has 0 aliphatic carbocycles. The number of H-pyrrole nitrogens is 1. The molecule has 3 nitrogen and oxygen atoms in total. The Labute approximate surface area is 122 Å². The Morgan fingerprint density at radius 1 is 1.21 bits per heavy atom. The molecule has 5 heteroatoms. The Kier molecular flexibility index (Phi) is 5.93. The number of methoxy groups -OCH3 is 1. The molecule has 0 saturated carbocycles. The van der Waals surface area contributed by atoms with Gasteiger partial charge < -0.3 is 9.72 Å². The van der Waals surface area contributed by atoms with Gasteiger partial charge in [0.2, 0.25) is 5.78 Å². The van der Waals surface area contributed by atoms with Crippen molar-refractivity contribution in [2.24, 2.45) is 0 Å². The van der Waals surface area contributed by atoms with E-state index in [4.69, 9.17) is 27.9 Å². The number of benzene rings is 1. The summed E-state index contributed by atoms with van der Waals surface area (Å²) in [4.78, 5) is 14.9. The third-order valence-corrected chi connectivity index (χ3v) is 3.01. The van der Waals surface area contributed by atoms with Crippen molar-refractivity contribution >= 4 is 29.0 Å². The topological polar surface area (TPSA) is 42.1 Å². The molecule has 19 heavy (non-hydrogen) atoms. The maximum absolute atomic E-state index is 12.2. The van der Waals surface area contributed by atoms with Gasteiger partial charge in [-0.15, -0.1) is 0 Å². The lowest BCUT2D eigenvalue weighted by Crippen LogP contribution is -2.04. The van der Waals surface area contributed by atoms with Crippen LogP contribution in [-0.4, -0.2) is 17.9 Å². The molecule has 0 aliphatic rings. The van der Waals surface area contributed by atoms with E-state index < -0.39 is 0 Å². The van der Waals surface area contributed by atoms with Gasteiger partial charge in [0.25, 0.3) is 0 Å². The van der Waals surface area contributed by atoms with E-state index in [1.807, 2.05) is 13.8 Å². The van der Waals surface area contributed by atoms with Crippen LogP contribution in [-0.2, 0) is 0 Å². The lowest BCUT2D eigenvalue weighted by molar-refractivity contribution is 0.103. The molecule has 0 spiro atoms. The molecular weight excluding hydrogens is 285 g/mol. The summed E-state index contributed by atoms with van der Waals surface area (Å²) in [5.74, 6) is 0.301. The first-order valence-electron chi connectivity index (χ1n) is 5.85. The number of para-hydroxylation sites is 1. The largest absolute Gasteiger partial charge is 0.496 e. The smallest absolute Gasteiger partial charge is 0.212 e. The van der Waals surface area contributed by atoms with Crippen molar-refractivity contribution in [2.45, 2.75) is 13.8 Å². The zero-order valence-corrected chi connectivity index (χ0v) is 12.5. The fraction of sp³-hybridized carbons (Fsp3) is 0.214. The van der Waals surface area contributed by atoms with Crippen LogP contribution in [0.1, 0.15) is 29.9 Å². The van der Waals surface area contributed by atoms with E-state index >= 15 is 0 Å². The molecule has 0 saturated heterocycles. The second-order valence-electron chi connectivity index (χ2n) is 3.37. The normalized spacial score (nSPS) is 9.53. The van der Waals surface area contributed by atoms with E-state index in [2.05, 4.69) is 4.98 Å². The second kappa shape index (κ2) is 7.22. The average Bonchev–Trinajstić information content (AvgIpc) is 2.80. The number of hydrogen-bond donors (Lipinski definition) is 1. The standard InChI is InChI=1S/C12H9Cl2NO2.C2H6/c1-17-10-5-3-2-4-7(10)11(16)9-6-8(13)12(14)15-9;1-2/h2-6,15H,1H3;1-2H3. The number of carbonyl (C=O) groups is 1. The maximum atomic E-state index is 12.2. The van der Waals surface area contributed by atoms with Gasteiger partial charge in [0.1, 0.15) is 10.9 Å². The molecular formula is C14H15Cl2NO2. The average molecular weight is 300 g/mol. The van der Waals surface area contributed by atoms with Crippen LogP contribution in [0.4, 0.5) is 0 Å². The Morgan fingerprint density at radius 2 is 1.84 bits per heavy atom. The van der Waals surface area contributed by atoms with Crippen LogP contribution in [0, 0.1) is 0 Å². The molecule has 1 aromatic carbocycles. The molecule has 0 unspecified atom stereocenters. The molecule has 0 atom stereocenters. The highest BCUT2D eigenvalue weighted by atomic mass is 35.5. The second-order valence-corrected chi connectivity index (χ2v) is 4.16. The zero-order chi connectivity index (χ0) is 14.4. The van der Waals surface area contributed by atoms with E-state index in [1.54, 1.807) is 24.3 Å². The minimum Gasteiger partial charge on any atom is -0.496 e. The number of aromatic amines is 1. The lowest BCUT2D eigenvalue weighted by atomic mass is 10.1. The fourth-order valence-electron chi connectivity index (χ4n) is 1.50. The first-order valence-corrected chi connectivity index (χ1v) is 6.61. The van der Waals surface area contributed by atoms with Crippen molar-refractivity contribution in [3.63, 3.8) is 0 Å². The van der Waals surface area contributed by atoms with E-state index in [1.165, 1.54) is 13.2 Å². The summed E-state index contributed by atoms with van der Waals surface area (Å²) in [5.41, 5.74) is 0.800. The van der Waals surface area contributed by atoms with Gasteiger partial charge in [0, 0.05) is 0 Å². The maximum Gasteiger partial charge on any atom is 0.212 e. The number of carbonyl (C=O) groups excluding carboxylic acids is 1. The molecule has 2 rings (SSSR count). The number of ketones is 1. The van der Waals surface area contributed by atoms with Gasteiger partial charge in [0.05, 0.1) is 23.4 Å². The van der Waals surface area contributed by atoms with E-state index in [9.17, 15) is 4.79 Å². The van der Waals surface area contributed by atoms with Crippen molar-refractivity contribution in [1.82, 2.24) is 4.98 Å². The van der Waals surface area contributed by atoms with Crippen molar-refractivity contribution < 1.29 is 9.53 Å². The van der Waals surface area contributed by atoms with Gasteiger partial charge >= 0.3 is 0 Å². The highest BCUT2D eigenvalue weighted by molar-refractivity contribution is 6.41. The van der Waals surface area contributed by atoms with E-state index in [0.717, 1.165) is 0 Å². The van der Waals surface area contributed by atoms with Gasteiger partial charge in [-0.1, -0.05) is 49.2 Å². The number of ether oxygens (including phenoxy) is 1. The van der Waals surface area contributed by atoms with Crippen molar-refractivity contribution in [3.05, 3.63) is 51.8 Å². The van der Waals surface area contributed by atoms with Crippen LogP contribution in [0.25, 0.3) is 0 Å². The number of nitrogens with one attached hydrogen (secondary N) is 1. The Bertz CT molecular complexity index is 545. The van der Waals surface area contributed by atoms with Crippen molar-refractivity contribution in [2.75, 3.05) is 7.11 Å². The molecule has 0 fully saturated rings. The van der Waals surface area contributed by atoms with Crippen LogP contribution < -0.4 is 4.74 Å². The summed E-state index contributed by atoms with van der Waals surface area (Å²) in [6, 6.07) is 8.47. The molecule has 2 aromatic rings. The summed E-state index contributed by atoms with van der Waals surface area (Å²) >= 11 is 11.6. The van der Waals surface area contributed by atoms with E-state index in [-0.39, 0.29) is 10.9 Å². The fourth-order valence-corrected chi connectivity index (χ4v) is 1.82. The van der Waals surface area contributed by atoms with Crippen LogP contribution in [0.15, 0.2) is 30.3 Å². The molecule has 0 aliphatic heterocycles. The van der Waals surface area contributed by atoms with Crippen LogP contribution in [0.3, 0.4) is 0 Å². The van der Waals surface area contributed by atoms with Crippen LogP contribution in [0.2, 0.25) is 10.2 Å². The Hall–Kier alpha value is -1.45. The predicted molar refractivity (Wildman–Crippen MR) is 78.6 cm³/mol. The SMILES string of the molecule is CC.COc1ccccc1C(=O)c1cc(Cl)c(Cl)[nH]1. The van der Waals surface area contributed by atoms with Crippen LogP contribution in [0.5, 0.6) is 5.75 Å². The Morgan fingerprint density at radius 3 is 2.37 bits per heavy atom. The van der Waals surface area contributed by atoms with Gasteiger partial charge in [-0.3, -0.25) is 4.79 Å². The number of hydrogen-bond acceptors (Lipinski definition) is 2. The highest BCUT2D eigenvalue weighted by Gasteiger charge is 2.17. The molecule has 1 N–H and O–H groups in total. The third kappa shape index (κ3) is 3.52. The lowest BCUT2D eigenvalue weighted by Gasteiger charge is -2.05. The monoisotopic (exact) mass is 299 g/mol. The summed E-state index contributed by atoms with van der Waals surface area (Å²) in [6.45, 7) is 4.00. The highest BCUT2D eigenvalue weighted by Crippen LogP contribution is 2.26. The van der Waals surface area contributed by atoms with Gasteiger partial charge in [-0.25, -0.2) is 0 Å². The number of aromatic nitrogens is 1. The summed E-state index contributed by atoms with van der Waals surface area (Å²) in [7, 11) is 1.51. The number of halogens is 2. The molecule has 0 amide bonds. The van der Waals surface area contributed by atoms with Gasteiger partial charge in [-0.2, -0.15) is 0 Å². The van der Waals surface area contributed by atoms with Crippen molar-refractivity contribution in [1.29, 1.82) is 0 Å². The Balaban J connectivity index is 0.000000861.